The van der Waals surface area contributed by atoms with Gasteiger partial charge in [-0.25, -0.2) is 4.98 Å². The van der Waals surface area contributed by atoms with E-state index in [0.717, 1.165) is 11.3 Å². The maximum atomic E-state index is 12.9. The lowest BCUT2D eigenvalue weighted by Gasteiger charge is -2.20. The van der Waals surface area contributed by atoms with Crippen LogP contribution in [0.25, 0.3) is 0 Å². The van der Waals surface area contributed by atoms with Crippen molar-refractivity contribution >= 4 is 5.91 Å². The van der Waals surface area contributed by atoms with Crippen molar-refractivity contribution in [1.29, 1.82) is 0 Å². The molecule has 0 bridgehead atoms. The highest BCUT2D eigenvalue weighted by atomic mass is 16.2. The van der Waals surface area contributed by atoms with E-state index in [2.05, 4.69) is 15.1 Å². The van der Waals surface area contributed by atoms with Crippen molar-refractivity contribution in [3.8, 4) is 0 Å². The van der Waals surface area contributed by atoms with E-state index in [1.165, 1.54) is 6.33 Å². The Balaban J connectivity index is 1.51. The molecule has 1 aliphatic rings. The maximum Gasteiger partial charge on any atom is 0.254 e. The SMILES string of the molecule is O=C(c1cccc(Cn2cccn2)c1)N1CCc2nc[nH]c(=O)c2CC1. The number of aromatic nitrogens is 4. The predicted molar refractivity (Wildman–Crippen MR) is 95.9 cm³/mol. The second-order valence-corrected chi connectivity index (χ2v) is 6.35. The summed E-state index contributed by atoms with van der Waals surface area (Å²) in [5, 5.41) is 4.20. The standard InChI is InChI=1S/C19H19N5O2/c25-18-16-5-9-23(10-6-17(16)20-13-21-18)19(26)15-4-1-3-14(11-15)12-24-8-2-7-22-24/h1-4,7-8,11,13H,5-6,9-10,12H2,(H,20,21,25). The molecule has 0 aliphatic carbocycles. The fraction of sp³-hybridized carbons (Fsp3) is 0.263. The number of aromatic amines is 1. The highest BCUT2D eigenvalue weighted by Crippen LogP contribution is 2.14. The number of nitrogens with zero attached hydrogens (tertiary/aromatic N) is 4. The van der Waals surface area contributed by atoms with E-state index < -0.39 is 0 Å². The fourth-order valence-corrected chi connectivity index (χ4v) is 3.31. The van der Waals surface area contributed by atoms with E-state index in [1.807, 2.05) is 41.2 Å². The van der Waals surface area contributed by atoms with Crippen LogP contribution in [0.15, 0.2) is 53.8 Å². The van der Waals surface area contributed by atoms with Gasteiger partial charge >= 0.3 is 0 Å². The number of amides is 1. The van der Waals surface area contributed by atoms with Crippen molar-refractivity contribution in [2.24, 2.45) is 0 Å². The van der Waals surface area contributed by atoms with E-state index in [4.69, 9.17) is 0 Å². The summed E-state index contributed by atoms with van der Waals surface area (Å²) in [7, 11) is 0. The molecule has 1 amide bonds. The Hall–Kier alpha value is -3.22. The number of nitrogens with one attached hydrogen (secondary N) is 1. The quantitative estimate of drug-likeness (QED) is 0.771. The van der Waals surface area contributed by atoms with Crippen LogP contribution in [-0.2, 0) is 19.4 Å². The van der Waals surface area contributed by atoms with Crippen molar-refractivity contribution in [2.75, 3.05) is 13.1 Å². The van der Waals surface area contributed by atoms with Crippen LogP contribution in [0.3, 0.4) is 0 Å². The number of fused-ring (bicyclic) bond motifs is 1. The Kier molecular flexibility index (Phi) is 4.35. The number of rotatable bonds is 3. The van der Waals surface area contributed by atoms with Crippen molar-refractivity contribution in [3.63, 3.8) is 0 Å². The molecule has 1 aromatic carbocycles. The second-order valence-electron chi connectivity index (χ2n) is 6.35. The molecule has 0 spiro atoms. The summed E-state index contributed by atoms with van der Waals surface area (Å²) in [6.07, 6.45) is 6.18. The molecule has 0 radical (unpaired) electrons. The predicted octanol–water partition coefficient (Wildman–Crippen LogP) is 1.26. The zero-order valence-electron chi connectivity index (χ0n) is 14.3. The first-order chi connectivity index (χ1) is 12.7. The second kappa shape index (κ2) is 6.95. The molecule has 7 nitrogen and oxygen atoms in total. The molecular weight excluding hydrogens is 330 g/mol. The highest BCUT2D eigenvalue weighted by Gasteiger charge is 2.22. The average Bonchev–Trinajstić information content (AvgIpc) is 3.06. The van der Waals surface area contributed by atoms with Gasteiger partial charge in [-0.2, -0.15) is 5.10 Å². The monoisotopic (exact) mass is 349 g/mol. The van der Waals surface area contributed by atoms with Crippen molar-refractivity contribution in [2.45, 2.75) is 19.4 Å². The van der Waals surface area contributed by atoms with Gasteiger partial charge in [-0.05, 0) is 30.2 Å². The summed E-state index contributed by atoms with van der Waals surface area (Å²) < 4.78 is 1.82. The fourth-order valence-electron chi connectivity index (χ4n) is 3.31. The largest absolute Gasteiger partial charge is 0.338 e. The Labute approximate surface area is 150 Å². The van der Waals surface area contributed by atoms with Gasteiger partial charge in [0.1, 0.15) is 0 Å². The molecule has 0 atom stereocenters. The number of hydrogen-bond acceptors (Lipinski definition) is 4. The third-order valence-corrected chi connectivity index (χ3v) is 4.65. The molecule has 0 unspecified atom stereocenters. The van der Waals surface area contributed by atoms with Gasteiger partial charge in [-0.1, -0.05) is 12.1 Å². The van der Waals surface area contributed by atoms with Gasteiger partial charge in [0, 0.05) is 43.0 Å². The van der Waals surface area contributed by atoms with Crippen LogP contribution < -0.4 is 5.56 Å². The van der Waals surface area contributed by atoms with Crippen LogP contribution >= 0.6 is 0 Å². The van der Waals surface area contributed by atoms with Gasteiger partial charge in [-0.15, -0.1) is 0 Å². The highest BCUT2D eigenvalue weighted by molar-refractivity contribution is 5.94. The van der Waals surface area contributed by atoms with E-state index in [9.17, 15) is 9.59 Å². The van der Waals surface area contributed by atoms with Crippen LogP contribution in [-0.4, -0.2) is 43.6 Å². The van der Waals surface area contributed by atoms with E-state index in [0.29, 0.717) is 43.6 Å². The first kappa shape index (κ1) is 16.3. The van der Waals surface area contributed by atoms with Gasteiger partial charge in [0.25, 0.3) is 11.5 Å². The third-order valence-electron chi connectivity index (χ3n) is 4.65. The molecular formula is C19H19N5O2. The smallest absolute Gasteiger partial charge is 0.254 e. The lowest BCUT2D eigenvalue weighted by Crippen LogP contribution is -2.33. The molecule has 0 fully saturated rings. The van der Waals surface area contributed by atoms with Crippen LogP contribution in [0.1, 0.15) is 27.2 Å². The Morgan fingerprint density at radius 2 is 2.08 bits per heavy atom. The summed E-state index contributed by atoms with van der Waals surface area (Å²) in [6.45, 7) is 1.70. The maximum absolute atomic E-state index is 12.9. The van der Waals surface area contributed by atoms with Crippen molar-refractivity contribution in [3.05, 3.63) is 81.8 Å². The molecule has 132 valence electrons. The third kappa shape index (κ3) is 3.28. The molecule has 4 rings (SSSR count). The first-order valence-corrected chi connectivity index (χ1v) is 8.62. The Morgan fingerprint density at radius 3 is 2.92 bits per heavy atom. The minimum atomic E-state index is -0.106. The summed E-state index contributed by atoms with van der Waals surface area (Å²) >= 11 is 0. The number of hydrogen-bond donors (Lipinski definition) is 1. The van der Waals surface area contributed by atoms with E-state index in [1.54, 1.807) is 11.1 Å². The normalized spacial score (nSPS) is 13.9. The molecule has 0 saturated carbocycles. The van der Waals surface area contributed by atoms with Crippen LogP contribution in [0.4, 0.5) is 0 Å². The van der Waals surface area contributed by atoms with Crippen LogP contribution in [0.5, 0.6) is 0 Å². The van der Waals surface area contributed by atoms with Crippen LogP contribution in [0.2, 0.25) is 0 Å². The summed E-state index contributed by atoms with van der Waals surface area (Å²) in [4.78, 5) is 33.6. The van der Waals surface area contributed by atoms with E-state index >= 15 is 0 Å². The molecule has 0 saturated heterocycles. The van der Waals surface area contributed by atoms with Crippen molar-refractivity contribution < 1.29 is 4.79 Å². The molecule has 3 aromatic rings. The number of H-pyrrole nitrogens is 1. The Bertz CT molecular complexity index is 978. The zero-order valence-corrected chi connectivity index (χ0v) is 14.3. The molecule has 1 N–H and O–H groups in total. The molecule has 26 heavy (non-hydrogen) atoms. The van der Waals surface area contributed by atoms with Crippen molar-refractivity contribution in [1.82, 2.24) is 24.6 Å². The molecule has 2 aromatic heterocycles. The summed E-state index contributed by atoms with van der Waals surface area (Å²) in [6, 6.07) is 9.50. The van der Waals surface area contributed by atoms with Crippen LogP contribution in [0, 0.1) is 0 Å². The number of carbonyl (C=O) groups is 1. The topological polar surface area (TPSA) is 83.9 Å². The summed E-state index contributed by atoms with van der Waals surface area (Å²) in [5.74, 6) is -0.0171. The minimum absolute atomic E-state index is 0.0171. The zero-order chi connectivity index (χ0) is 17.9. The summed E-state index contributed by atoms with van der Waals surface area (Å²) in [5.41, 5.74) is 3.05. The number of benzene rings is 1. The van der Waals surface area contributed by atoms with Gasteiger partial charge in [0.2, 0.25) is 0 Å². The van der Waals surface area contributed by atoms with Gasteiger partial charge in [0.15, 0.2) is 0 Å². The van der Waals surface area contributed by atoms with Gasteiger partial charge in [0.05, 0.1) is 18.6 Å². The molecule has 7 heteroatoms. The molecule has 3 heterocycles. The van der Waals surface area contributed by atoms with E-state index in [-0.39, 0.29) is 11.5 Å². The Morgan fingerprint density at radius 1 is 1.19 bits per heavy atom. The lowest BCUT2D eigenvalue weighted by atomic mass is 10.1. The number of carbonyl (C=O) groups excluding carboxylic acids is 1. The van der Waals surface area contributed by atoms with Gasteiger partial charge in [-0.3, -0.25) is 14.3 Å². The lowest BCUT2D eigenvalue weighted by molar-refractivity contribution is 0.0762. The first-order valence-electron chi connectivity index (χ1n) is 8.62. The molecule has 1 aliphatic heterocycles. The average molecular weight is 349 g/mol. The van der Waals surface area contributed by atoms with Gasteiger partial charge < -0.3 is 9.88 Å². The minimum Gasteiger partial charge on any atom is -0.338 e.